The van der Waals surface area contributed by atoms with Gasteiger partial charge < -0.3 is 2.85 Å². The molecule has 0 saturated heterocycles. The van der Waals surface area contributed by atoms with E-state index in [2.05, 4.69) is 0 Å². The van der Waals surface area contributed by atoms with Crippen LogP contribution in [0.25, 0.3) is 0 Å². The fourth-order valence-electron chi connectivity index (χ4n) is 0. The second-order valence-corrected chi connectivity index (χ2v) is 0. The molecule has 0 bridgehead atoms. The van der Waals surface area contributed by atoms with Crippen LogP contribution >= 0.6 is 49.6 Å². The van der Waals surface area contributed by atoms with Gasteiger partial charge in [0.15, 0.2) is 0 Å². The van der Waals surface area contributed by atoms with E-state index in [1.165, 1.54) is 0 Å². The molecule has 0 fully saturated rings. The van der Waals surface area contributed by atoms with E-state index < -0.39 is 0 Å². The van der Waals surface area contributed by atoms with Gasteiger partial charge >= 0.3 is 103 Å². The van der Waals surface area contributed by atoms with Gasteiger partial charge in [-0.3, -0.25) is 0 Å². The third-order valence-corrected chi connectivity index (χ3v) is 0. The molecule has 0 atom stereocenters. The molecule has 0 spiro atoms. The van der Waals surface area contributed by atoms with Crippen molar-refractivity contribution in [1.29, 1.82) is 0 Å². The molecule has 0 aromatic heterocycles. The van der Waals surface area contributed by atoms with Gasteiger partial charge in [-0.15, -0.1) is 49.6 Å². The van der Waals surface area contributed by atoms with Crippen molar-refractivity contribution in [3.05, 3.63) is 0 Å². The van der Waals surface area contributed by atoms with Gasteiger partial charge in [0, 0.05) is 42.1 Å². The van der Waals surface area contributed by atoms with Crippen LogP contribution in [0.3, 0.4) is 0 Å². The first-order valence-corrected chi connectivity index (χ1v) is 0. The number of hydrogen-bond donors (Lipinski definition) is 0. The fraction of sp³-hybridized carbons (Fsp3) is 0. The van der Waals surface area contributed by atoms with E-state index in [9.17, 15) is 0 Å². The third-order valence-electron chi connectivity index (χ3n) is 0. The van der Waals surface area contributed by atoms with Crippen LogP contribution in [0.15, 0.2) is 0 Å². The minimum Gasteiger partial charge on any atom is -1.00 e. The summed E-state index contributed by atoms with van der Waals surface area (Å²) in [6.07, 6.45) is 0. The van der Waals surface area contributed by atoms with Gasteiger partial charge in [0.05, 0.1) is 0 Å². The first kappa shape index (κ1) is 67.1. The van der Waals surface area contributed by atoms with Crippen molar-refractivity contribution < 1.29 is 148 Å². The van der Waals surface area contributed by atoms with Crippen molar-refractivity contribution in [3.63, 3.8) is 0 Å². The van der Waals surface area contributed by atoms with Crippen molar-refractivity contribution in [2.75, 3.05) is 0 Å². The van der Waals surface area contributed by atoms with Crippen LogP contribution < -0.4 is 103 Å². The number of rotatable bonds is 0. The second-order valence-electron chi connectivity index (χ2n) is 0. The van der Waals surface area contributed by atoms with Crippen LogP contribution in [0, 0.1) is 0 Å². The molecule has 0 amide bonds. The van der Waals surface area contributed by atoms with E-state index in [1.807, 2.05) is 0 Å². The molecule has 0 rings (SSSR count). The van der Waals surface area contributed by atoms with Gasteiger partial charge in [0.1, 0.15) is 0 Å². The Bertz CT molecular complexity index is 19.2. The standard InChI is InChI=1S/4ClH.2K.2Pt.2H/h4*1H;;;;;;/q;;;;2*+1;;;2*-1. The van der Waals surface area contributed by atoms with Crippen LogP contribution in [0.2, 0.25) is 0 Å². The van der Waals surface area contributed by atoms with E-state index in [4.69, 9.17) is 0 Å². The maximum Gasteiger partial charge on any atom is 1.00 e. The Morgan fingerprint density at radius 1 is 0.500 bits per heavy atom. The van der Waals surface area contributed by atoms with Crippen molar-refractivity contribution in [1.82, 2.24) is 0 Å². The Labute approximate surface area is 192 Å². The molecule has 0 aliphatic carbocycles. The normalized spacial score (nSPS) is 0. The molecule has 0 unspecified atom stereocenters. The van der Waals surface area contributed by atoms with Gasteiger partial charge in [-0.2, -0.15) is 0 Å². The van der Waals surface area contributed by atoms with Crippen molar-refractivity contribution >= 4 is 49.6 Å². The molecule has 0 nitrogen and oxygen atoms in total. The Morgan fingerprint density at radius 2 is 0.500 bits per heavy atom. The maximum absolute atomic E-state index is 0. The smallest absolute Gasteiger partial charge is 1.00 e. The van der Waals surface area contributed by atoms with E-state index in [1.54, 1.807) is 0 Å². The number of halogens is 4. The van der Waals surface area contributed by atoms with Gasteiger partial charge in [-0.05, 0) is 0 Å². The van der Waals surface area contributed by atoms with Gasteiger partial charge in [-0.25, -0.2) is 0 Å². The molecule has 0 aromatic carbocycles. The van der Waals surface area contributed by atoms with E-state index >= 15 is 0 Å². The number of hydrogen-bond acceptors (Lipinski definition) is 0. The molecule has 0 saturated carbocycles. The minimum absolute atomic E-state index is 0. The summed E-state index contributed by atoms with van der Waals surface area (Å²) in [4.78, 5) is 0. The van der Waals surface area contributed by atoms with Gasteiger partial charge in [-0.1, -0.05) is 0 Å². The van der Waals surface area contributed by atoms with Crippen LogP contribution in [0.4, 0.5) is 0 Å². The SMILES string of the molecule is Cl.Cl.Cl.Cl.[H-].[H-].[K+].[K+].[Pt].[Pt]. The Kier molecular flexibility index (Phi) is 444. The third kappa shape index (κ3) is 40.9. The van der Waals surface area contributed by atoms with Gasteiger partial charge in [0.25, 0.3) is 0 Å². The van der Waals surface area contributed by atoms with Crippen LogP contribution in [0.1, 0.15) is 2.85 Å². The topological polar surface area (TPSA) is 0 Å². The summed E-state index contributed by atoms with van der Waals surface area (Å²) in [5, 5.41) is 0. The van der Waals surface area contributed by atoms with E-state index in [-0.39, 0.29) is 197 Å². The molecule has 0 heterocycles. The molecule has 0 radical (unpaired) electrons. The Hall–Kier alpha value is 5.81. The van der Waals surface area contributed by atoms with Crippen LogP contribution in [-0.4, -0.2) is 0 Å². The summed E-state index contributed by atoms with van der Waals surface area (Å²) in [6.45, 7) is 0. The maximum atomic E-state index is 0. The molecule has 56 valence electrons. The molecule has 8 heavy (non-hydrogen) atoms. The summed E-state index contributed by atoms with van der Waals surface area (Å²) in [7, 11) is 0. The van der Waals surface area contributed by atoms with E-state index in [0.29, 0.717) is 0 Å². The zero-order valence-corrected chi connectivity index (χ0v) is 18.3. The predicted octanol–water partition coefficient (Wildman–Crippen LogP) is -4.08. The average Bonchev–Trinajstić information content (AvgIpc) is 0. The monoisotopic (exact) mass is 614 g/mol. The summed E-state index contributed by atoms with van der Waals surface area (Å²) in [5.74, 6) is 0. The van der Waals surface area contributed by atoms with E-state index in [0.717, 1.165) is 0 Å². The zero-order chi connectivity index (χ0) is 0. The van der Waals surface area contributed by atoms with Gasteiger partial charge in [0.2, 0.25) is 0 Å². The summed E-state index contributed by atoms with van der Waals surface area (Å²) >= 11 is 0. The molecule has 0 N–H and O–H groups in total. The quantitative estimate of drug-likeness (QED) is 0.243. The van der Waals surface area contributed by atoms with Crippen molar-refractivity contribution in [3.8, 4) is 0 Å². The van der Waals surface area contributed by atoms with Crippen LogP contribution in [-0.2, 0) is 42.1 Å². The zero-order valence-electron chi connectivity index (χ0n) is 6.27. The fourth-order valence-corrected chi connectivity index (χ4v) is 0. The molecule has 0 aliphatic heterocycles. The Morgan fingerprint density at radius 3 is 0.500 bits per heavy atom. The first-order valence-electron chi connectivity index (χ1n) is 0. The summed E-state index contributed by atoms with van der Waals surface area (Å²) in [6, 6.07) is 0. The summed E-state index contributed by atoms with van der Waals surface area (Å²) in [5.41, 5.74) is 0. The molecule has 0 aromatic rings. The first-order chi connectivity index (χ1) is 0. The largest absolute Gasteiger partial charge is 1.00 e. The molecular formula is H6Cl4K2Pt2. The minimum atomic E-state index is 0. The predicted molar refractivity (Wildman–Crippen MR) is 31.2 cm³/mol. The van der Waals surface area contributed by atoms with Crippen molar-refractivity contribution in [2.45, 2.75) is 0 Å². The average molecular weight is 616 g/mol. The Balaban J connectivity index is 0. The second kappa shape index (κ2) is 52.9. The molecule has 8 heteroatoms. The molecular weight excluding hydrogens is 610 g/mol. The van der Waals surface area contributed by atoms with Crippen molar-refractivity contribution in [2.24, 2.45) is 0 Å². The van der Waals surface area contributed by atoms with Crippen LogP contribution in [0.5, 0.6) is 0 Å². The molecule has 0 aliphatic rings. The summed E-state index contributed by atoms with van der Waals surface area (Å²) < 4.78 is 0.